The molecule has 21 heavy (non-hydrogen) atoms. The minimum atomic E-state index is -0.289. The van der Waals surface area contributed by atoms with Gasteiger partial charge in [-0.25, -0.2) is 0 Å². The van der Waals surface area contributed by atoms with Crippen molar-refractivity contribution in [3.05, 3.63) is 34.2 Å². The Morgan fingerprint density at radius 3 is 2.76 bits per heavy atom. The Morgan fingerprint density at radius 2 is 2.14 bits per heavy atom. The second-order valence-electron chi connectivity index (χ2n) is 5.01. The number of methoxy groups -OCH3 is 1. The molecule has 0 spiro atoms. The van der Waals surface area contributed by atoms with E-state index in [1.807, 2.05) is 0 Å². The summed E-state index contributed by atoms with van der Waals surface area (Å²) in [6.45, 7) is 1.17. The number of piperidine rings is 1. The molecule has 2 N–H and O–H groups in total. The van der Waals surface area contributed by atoms with Gasteiger partial charge in [0.25, 0.3) is 5.91 Å². The standard InChI is InChI=1S/C14H19N3O4/c1-21-9-13(19)16-11-3-6-17(7-4-11)14(20)10-2-5-15-12(18)8-10/h2,5,8,11H,3-4,6-7,9H2,1H3,(H,15,18)(H,16,19). The van der Waals surface area contributed by atoms with Gasteiger partial charge in [-0.05, 0) is 18.9 Å². The minimum absolute atomic E-state index is 0.0476. The van der Waals surface area contributed by atoms with E-state index in [1.165, 1.54) is 19.4 Å². The normalized spacial score (nSPS) is 15.8. The Balaban J connectivity index is 1.87. The third-order valence-corrected chi connectivity index (χ3v) is 3.44. The SMILES string of the molecule is COCC(=O)NC1CCN(C(=O)c2cc[nH]c(=O)c2)CC1. The molecule has 0 unspecified atom stereocenters. The molecule has 7 heteroatoms. The molecule has 2 rings (SSSR count). The second kappa shape index (κ2) is 7.03. The average Bonchev–Trinajstić information content (AvgIpc) is 2.47. The van der Waals surface area contributed by atoms with Gasteiger partial charge in [-0.15, -0.1) is 0 Å². The number of carbonyl (C=O) groups is 2. The molecule has 0 radical (unpaired) electrons. The van der Waals surface area contributed by atoms with Gasteiger partial charge in [-0.3, -0.25) is 14.4 Å². The quantitative estimate of drug-likeness (QED) is 0.800. The van der Waals surface area contributed by atoms with E-state index in [0.29, 0.717) is 31.5 Å². The van der Waals surface area contributed by atoms with Gasteiger partial charge in [-0.1, -0.05) is 0 Å². The summed E-state index contributed by atoms with van der Waals surface area (Å²) in [5, 5.41) is 2.87. The van der Waals surface area contributed by atoms with E-state index in [9.17, 15) is 14.4 Å². The van der Waals surface area contributed by atoms with Gasteiger partial charge in [0.05, 0.1) is 0 Å². The monoisotopic (exact) mass is 293 g/mol. The molecule has 2 heterocycles. The first-order valence-corrected chi connectivity index (χ1v) is 6.86. The third-order valence-electron chi connectivity index (χ3n) is 3.44. The Labute approximate surface area is 122 Å². The van der Waals surface area contributed by atoms with Gasteiger partial charge in [0.15, 0.2) is 0 Å². The zero-order chi connectivity index (χ0) is 15.2. The first-order valence-electron chi connectivity index (χ1n) is 6.86. The molecule has 1 aliphatic heterocycles. The van der Waals surface area contributed by atoms with Crippen molar-refractivity contribution in [3.8, 4) is 0 Å². The zero-order valence-electron chi connectivity index (χ0n) is 11.9. The van der Waals surface area contributed by atoms with Crippen molar-refractivity contribution in [1.29, 1.82) is 0 Å². The highest BCUT2D eigenvalue weighted by atomic mass is 16.5. The van der Waals surface area contributed by atoms with Crippen molar-refractivity contribution in [2.24, 2.45) is 0 Å². The summed E-state index contributed by atoms with van der Waals surface area (Å²) in [6.07, 6.45) is 2.86. The molecule has 0 saturated carbocycles. The fourth-order valence-electron chi connectivity index (χ4n) is 2.39. The van der Waals surface area contributed by atoms with Gasteiger partial charge in [0.1, 0.15) is 6.61 Å². The third kappa shape index (κ3) is 4.16. The van der Waals surface area contributed by atoms with Crippen LogP contribution in [0.5, 0.6) is 0 Å². The number of rotatable bonds is 4. The summed E-state index contributed by atoms with van der Waals surface area (Å²) >= 11 is 0. The van der Waals surface area contributed by atoms with Gasteiger partial charge in [-0.2, -0.15) is 0 Å². The highest BCUT2D eigenvalue weighted by Crippen LogP contribution is 2.13. The van der Waals surface area contributed by atoms with Gasteiger partial charge in [0, 0.05) is 44.1 Å². The lowest BCUT2D eigenvalue weighted by molar-refractivity contribution is -0.125. The Bertz CT molecular complexity index is 561. The van der Waals surface area contributed by atoms with E-state index in [2.05, 4.69) is 10.3 Å². The average molecular weight is 293 g/mol. The van der Waals surface area contributed by atoms with Crippen LogP contribution in [0.3, 0.4) is 0 Å². The molecule has 1 aromatic rings. The van der Waals surface area contributed by atoms with Crippen molar-refractivity contribution in [1.82, 2.24) is 15.2 Å². The van der Waals surface area contributed by atoms with E-state index in [-0.39, 0.29) is 30.0 Å². The Kier molecular flexibility index (Phi) is 5.10. The summed E-state index contributed by atoms with van der Waals surface area (Å²) < 4.78 is 4.76. The highest BCUT2D eigenvalue weighted by Gasteiger charge is 2.24. The number of hydrogen-bond donors (Lipinski definition) is 2. The number of carbonyl (C=O) groups excluding carboxylic acids is 2. The van der Waals surface area contributed by atoms with Gasteiger partial charge < -0.3 is 19.9 Å². The number of amides is 2. The van der Waals surface area contributed by atoms with Crippen LogP contribution in [-0.2, 0) is 9.53 Å². The van der Waals surface area contributed by atoms with Crippen LogP contribution < -0.4 is 10.9 Å². The number of hydrogen-bond acceptors (Lipinski definition) is 4. The lowest BCUT2D eigenvalue weighted by Gasteiger charge is -2.32. The minimum Gasteiger partial charge on any atom is -0.375 e. The molecule has 7 nitrogen and oxygen atoms in total. The fraction of sp³-hybridized carbons (Fsp3) is 0.500. The molecule has 1 fully saturated rings. The lowest BCUT2D eigenvalue weighted by atomic mass is 10.0. The van der Waals surface area contributed by atoms with E-state index < -0.39 is 0 Å². The Hall–Kier alpha value is -2.15. The smallest absolute Gasteiger partial charge is 0.254 e. The first-order chi connectivity index (χ1) is 10.1. The van der Waals surface area contributed by atoms with Crippen molar-refractivity contribution in [2.75, 3.05) is 26.8 Å². The number of pyridine rings is 1. The molecular weight excluding hydrogens is 274 g/mol. The maximum atomic E-state index is 12.2. The predicted molar refractivity (Wildman–Crippen MR) is 76.0 cm³/mol. The number of likely N-dealkylation sites (tertiary alicyclic amines) is 1. The molecule has 1 saturated heterocycles. The summed E-state index contributed by atoms with van der Waals surface area (Å²) in [6, 6.07) is 2.96. The largest absolute Gasteiger partial charge is 0.375 e. The number of H-pyrrole nitrogens is 1. The van der Waals surface area contributed by atoms with E-state index in [1.54, 1.807) is 11.0 Å². The fourth-order valence-corrected chi connectivity index (χ4v) is 2.39. The number of nitrogens with one attached hydrogen (secondary N) is 2. The van der Waals surface area contributed by atoms with E-state index in [0.717, 1.165) is 0 Å². The summed E-state index contributed by atoms with van der Waals surface area (Å²) in [5.74, 6) is -0.292. The maximum absolute atomic E-state index is 12.2. The van der Waals surface area contributed by atoms with Crippen molar-refractivity contribution >= 4 is 11.8 Å². The van der Waals surface area contributed by atoms with Crippen LogP contribution in [0.15, 0.2) is 23.1 Å². The molecule has 1 aliphatic rings. The van der Waals surface area contributed by atoms with Crippen molar-refractivity contribution in [2.45, 2.75) is 18.9 Å². The van der Waals surface area contributed by atoms with E-state index in [4.69, 9.17) is 4.74 Å². The second-order valence-corrected chi connectivity index (χ2v) is 5.01. The van der Waals surface area contributed by atoms with Crippen molar-refractivity contribution < 1.29 is 14.3 Å². The number of ether oxygens (including phenoxy) is 1. The number of aromatic amines is 1. The highest BCUT2D eigenvalue weighted by molar-refractivity contribution is 5.94. The molecule has 0 bridgehead atoms. The van der Waals surface area contributed by atoms with Crippen LogP contribution in [0.2, 0.25) is 0 Å². The van der Waals surface area contributed by atoms with Crippen molar-refractivity contribution in [3.63, 3.8) is 0 Å². The molecule has 0 aliphatic carbocycles. The topological polar surface area (TPSA) is 91.5 Å². The van der Waals surface area contributed by atoms with Crippen LogP contribution >= 0.6 is 0 Å². The zero-order valence-corrected chi connectivity index (χ0v) is 11.9. The molecule has 2 amide bonds. The Morgan fingerprint density at radius 1 is 1.43 bits per heavy atom. The number of nitrogens with zero attached hydrogens (tertiary/aromatic N) is 1. The van der Waals surface area contributed by atoms with Crippen LogP contribution in [0.1, 0.15) is 23.2 Å². The summed E-state index contributed by atoms with van der Waals surface area (Å²) in [7, 11) is 1.47. The molecule has 0 aromatic carbocycles. The molecule has 0 atom stereocenters. The van der Waals surface area contributed by atoms with E-state index >= 15 is 0 Å². The molecular formula is C14H19N3O4. The summed E-state index contributed by atoms with van der Waals surface area (Å²) in [5.41, 5.74) is 0.100. The molecule has 114 valence electrons. The van der Waals surface area contributed by atoms with Gasteiger partial charge >= 0.3 is 0 Å². The van der Waals surface area contributed by atoms with Crippen LogP contribution in [0.4, 0.5) is 0 Å². The summed E-state index contributed by atoms with van der Waals surface area (Å²) in [4.78, 5) is 39.1. The van der Waals surface area contributed by atoms with Crippen LogP contribution in [0.25, 0.3) is 0 Å². The maximum Gasteiger partial charge on any atom is 0.254 e. The van der Waals surface area contributed by atoms with Gasteiger partial charge in [0.2, 0.25) is 11.5 Å². The van der Waals surface area contributed by atoms with Crippen LogP contribution in [-0.4, -0.2) is 54.5 Å². The lowest BCUT2D eigenvalue weighted by Crippen LogP contribution is -2.47. The predicted octanol–water partition coefficient (Wildman–Crippen LogP) is -0.258. The molecule has 1 aromatic heterocycles. The number of aromatic nitrogens is 1. The van der Waals surface area contributed by atoms with Crippen LogP contribution in [0, 0.1) is 0 Å². The first kappa shape index (κ1) is 15.2.